The first kappa shape index (κ1) is 23.0. The number of carboxylic acids is 1. The van der Waals surface area contributed by atoms with E-state index in [-0.39, 0.29) is 5.75 Å². The van der Waals surface area contributed by atoms with Gasteiger partial charge in [-0.05, 0) is 54.4 Å². The van der Waals surface area contributed by atoms with E-state index in [2.05, 4.69) is 14.9 Å². The number of rotatable bonds is 8. The fourth-order valence-electron chi connectivity index (χ4n) is 3.45. The molecule has 3 aromatic carbocycles. The van der Waals surface area contributed by atoms with Gasteiger partial charge in [0.1, 0.15) is 17.2 Å². The largest absolute Gasteiger partial charge is 0.573 e. The number of para-hydroxylation sites is 1. The van der Waals surface area contributed by atoms with Gasteiger partial charge in [-0.1, -0.05) is 30.3 Å². The first-order valence-electron chi connectivity index (χ1n) is 10.1. The van der Waals surface area contributed by atoms with Crippen molar-refractivity contribution in [2.24, 2.45) is 0 Å². The van der Waals surface area contributed by atoms with Crippen molar-refractivity contribution in [1.82, 2.24) is 10.2 Å². The monoisotopic (exact) mass is 472 g/mol. The maximum absolute atomic E-state index is 12.6. The lowest BCUT2D eigenvalue weighted by molar-refractivity contribution is -0.274. The number of ether oxygens (including phenoxy) is 3. The molecule has 0 bridgehead atoms. The molecule has 1 aromatic heterocycles. The number of aliphatic carboxylic acids is 1. The zero-order valence-electron chi connectivity index (χ0n) is 17.8. The maximum atomic E-state index is 12.6. The number of halogens is 3. The topological polar surface area (TPSA) is 93.7 Å². The highest BCUT2D eigenvalue weighted by molar-refractivity contribution is 5.82. The molecule has 4 rings (SSSR count). The third-order valence-electron chi connectivity index (χ3n) is 4.92. The summed E-state index contributed by atoms with van der Waals surface area (Å²) >= 11 is 0. The summed E-state index contributed by atoms with van der Waals surface area (Å²) in [5.74, 6) is -0.601. The molecule has 0 aliphatic rings. The summed E-state index contributed by atoms with van der Waals surface area (Å²) in [6, 6.07) is 17.7. The molecule has 1 atom stereocenters. The molecule has 0 saturated heterocycles. The van der Waals surface area contributed by atoms with Crippen molar-refractivity contribution in [2.75, 3.05) is 6.61 Å². The van der Waals surface area contributed by atoms with Crippen LogP contribution in [0.15, 0.2) is 66.7 Å². The van der Waals surface area contributed by atoms with Crippen molar-refractivity contribution in [3.63, 3.8) is 0 Å². The molecular weight excluding hydrogens is 453 g/mol. The molecule has 1 heterocycles. The SMILES string of the molecule is Cc1cc(OC(c2ccc(OC(F)(F)F)cc2)c2[nH]nc3ccccc23)ccc1OCC(=O)O. The Hall–Kier alpha value is -4.21. The van der Waals surface area contributed by atoms with Crippen molar-refractivity contribution in [3.05, 3.63) is 83.6 Å². The highest BCUT2D eigenvalue weighted by Crippen LogP contribution is 2.34. The zero-order valence-corrected chi connectivity index (χ0v) is 17.8. The number of aryl methyl sites for hydroxylation is 1. The Morgan fingerprint density at radius 3 is 2.44 bits per heavy atom. The lowest BCUT2D eigenvalue weighted by atomic mass is 10.0. The van der Waals surface area contributed by atoms with Gasteiger partial charge in [0.25, 0.3) is 0 Å². The molecule has 176 valence electrons. The summed E-state index contributed by atoms with van der Waals surface area (Å²) < 4.78 is 53.1. The van der Waals surface area contributed by atoms with Gasteiger partial charge in [-0.3, -0.25) is 5.10 Å². The van der Waals surface area contributed by atoms with Gasteiger partial charge in [0, 0.05) is 5.39 Å². The second-order valence-corrected chi connectivity index (χ2v) is 7.38. The Kier molecular flexibility index (Phi) is 6.31. The minimum atomic E-state index is -4.79. The highest BCUT2D eigenvalue weighted by Gasteiger charge is 2.31. The van der Waals surface area contributed by atoms with Gasteiger partial charge in [0.15, 0.2) is 12.7 Å². The van der Waals surface area contributed by atoms with Crippen LogP contribution in [-0.2, 0) is 4.79 Å². The predicted octanol–water partition coefficient (Wildman–Crippen LogP) is 5.40. The van der Waals surface area contributed by atoms with E-state index in [1.165, 1.54) is 24.3 Å². The Balaban J connectivity index is 1.68. The van der Waals surface area contributed by atoms with Crippen molar-refractivity contribution < 1.29 is 37.3 Å². The standard InChI is InChI=1S/C24H19F3N2O5/c1-14-12-17(10-11-20(14)32-13-21(30)31)33-23(22-18-4-2-3-5-19(18)28-29-22)15-6-8-16(9-7-15)34-24(25,26)27/h2-12,23H,13H2,1H3,(H,28,29)(H,30,31). The number of aromatic amines is 1. The molecule has 0 fully saturated rings. The van der Waals surface area contributed by atoms with Crippen LogP contribution in [0.2, 0.25) is 0 Å². The summed E-state index contributed by atoms with van der Waals surface area (Å²) in [7, 11) is 0. The van der Waals surface area contributed by atoms with Crippen molar-refractivity contribution in [1.29, 1.82) is 0 Å². The second kappa shape index (κ2) is 9.34. The normalized spacial score (nSPS) is 12.4. The number of aromatic nitrogens is 2. The zero-order chi connectivity index (χ0) is 24.3. The quantitative estimate of drug-likeness (QED) is 0.357. The van der Waals surface area contributed by atoms with E-state index in [4.69, 9.17) is 14.6 Å². The van der Waals surface area contributed by atoms with Crippen molar-refractivity contribution in [2.45, 2.75) is 19.4 Å². The van der Waals surface area contributed by atoms with E-state index in [0.29, 0.717) is 33.8 Å². The number of nitrogens with one attached hydrogen (secondary N) is 1. The molecule has 0 aliphatic heterocycles. The van der Waals surface area contributed by atoms with Crippen LogP contribution in [0.3, 0.4) is 0 Å². The lowest BCUT2D eigenvalue weighted by Gasteiger charge is -2.20. The van der Waals surface area contributed by atoms with Crippen LogP contribution in [0.4, 0.5) is 13.2 Å². The Bertz CT molecular complexity index is 1300. The number of carbonyl (C=O) groups is 1. The van der Waals surface area contributed by atoms with E-state index in [1.807, 2.05) is 24.3 Å². The van der Waals surface area contributed by atoms with Crippen LogP contribution >= 0.6 is 0 Å². The number of benzene rings is 3. The first-order chi connectivity index (χ1) is 16.2. The molecule has 2 N–H and O–H groups in total. The van der Waals surface area contributed by atoms with Gasteiger partial charge in [0.2, 0.25) is 0 Å². The van der Waals surface area contributed by atoms with E-state index in [9.17, 15) is 18.0 Å². The van der Waals surface area contributed by atoms with Gasteiger partial charge >= 0.3 is 12.3 Å². The summed E-state index contributed by atoms with van der Waals surface area (Å²) in [5.41, 5.74) is 2.54. The van der Waals surface area contributed by atoms with Gasteiger partial charge in [-0.25, -0.2) is 4.79 Å². The van der Waals surface area contributed by atoms with Crippen LogP contribution in [0.5, 0.6) is 17.2 Å². The minimum Gasteiger partial charge on any atom is -0.482 e. The third-order valence-corrected chi connectivity index (χ3v) is 4.92. The fraction of sp³-hybridized carbons (Fsp3) is 0.167. The smallest absolute Gasteiger partial charge is 0.482 e. The lowest BCUT2D eigenvalue weighted by Crippen LogP contribution is -2.17. The minimum absolute atomic E-state index is 0.347. The molecule has 10 heteroatoms. The predicted molar refractivity (Wildman–Crippen MR) is 116 cm³/mol. The number of alkyl halides is 3. The molecule has 0 saturated carbocycles. The summed E-state index contributed by atoms with van der Waals surface area (Å²) in [5, 5.41) is 16.9. The van der Waals surface area contributed by atoms with Crippen molar-refractivity contribution in [3.8, 4) is 17.2 Å². The molecule has 0 amide bonds. The number of nitrogens with zero attached hydrogens (tertiary/aromatic N) is 1. The average molecular weight is 472 g/mol. The molecule has 0 radical (unpaired) electrons. The number of hydrogen-bond acceptors (Lipinski definition) is 5. The van der Waals surface area contributed by atoms with Gasteiger partial charge in [-0.2, -0.15) is 5.10 Å². The second-order valence-electron chi connectivity index (χ2n) is 7.38. The average Bonchev–Trinajstić information content (AvgIpc) is 3.20. The van der Waals surface area contributed by atoms with Crippen LogP contribution in [0.1, 0.15) is 22.9 Å². The molecule has 0 aliphatic carbocycles. The molecule has 0 spiro atoms. The Morgan fingerprint density at radius 2 is 1.76 bits per heavy atom. The van der Waals surface area contributed by atoms with Crippen LogP contribution in [0.25, 0.3) is 10.9 Å². The summed E-state index contributed by atoms with van der Waals surface area (Å²) in [6.07, 6.45) is -5.53. The van der Waals surface area contributed by atoms with E-state index < -0.39 is 25.0 Å². The van der Waals surface area contributed by atoms with Gasteiger partial charge in [0.05, 0.1) is 11.2 Å². The third kappa shape index (κ3) is 5.40. The van der Waals surface area contributed by atoms with E-state index in [0.717, 1.165) is 5.39 Å². The summed E-state index contributed by atoms with van der Waals surface area (Å²) in [6.45, 7) is 1.27. The van der Waals surface area contributed by atoms with Crippen LogP contribution < -0.4 is 14.2 Å². The number of hydrogen-bond donors (Lipinski definition) is 2. The molecule has 1 unspecified atom stereocenters. The fourth-order valence-corrected chi connectivity index (χ4v) is 3.45. The van der Waals surface area contributed by atoms with E-state index in [1.54, 1.807) is 25.1 Å². The molecular formula is C24H19F3N2O5. The highest BCUT2D eigenvalue weighted by atomic mass is 19.4. The van der Waals surface area contributed by atoms with Crippen LogP contribution in [-0.4, -0.2) is 34.2 Å². The number of fused-ring (bicyclic) bond motifs is 1. The first-order valence-corrected chi connectivity index (χ1v) is 10.1. The maximum Gasteiger partial charge on any atom is 0.573 e. The number of H-pyrrole nitrogens is 1. The molecule has 4 aromatic rings. The Labute approximate surface area is 191 Å². The number of carboxylic acid groups (broad SMARTS) is 1. The van der Waals surface area contributed by atoms with Crippen LogP contribution in [0, 0.1) is 6.92 Å². The van der Waals surface area contributed by atoms with E-state index >= 15 is 0 Å². The van der Waals surface area contributed by atoms with Gasteiger partial charge in [-0.15, -0.1) is 13.2 Å². The molecule has 34 heavy (non-hydrogen) atoms. The van der Waals surface area contributed by atoms with Gasteiger partial charge < -0.3 is 19.3 Å². The molecule has 7 nitrogen and oxygen atoms in total. The Morgan fingerprint density at radius 1 is 1.06 bits per heavy atom. The van der Waals surface area contributed by atoms with Crippen molar-refractivity contribution >= 4 is 16.9 Å². The summed E-state index contributed by atoms with van der Waals surface area (Å²) in [4.78, 5) is 10.8.